The Balaban J connectivity index is 2.51. The van der Waals surface area contributed by atoms with Crippen LogP contribution in [0.3, 0.4) is 0 Å². The molecule has 1 aliphatic rings. The van der Waals surface area contributed by atoms with Crippen molar-refractivity contribution in [2.24, 2.45) is 0 Å². The number of fused-ring (bicyclic) bond motifs is 1. The minimum atomic E-state index is -0.679. The van der Waals surface area contributed by atoms with Gasteiger partial charge in [-0.1, -0.05) is 6.92 Å². The summed E-state index contributed by atoms with van der Waals surface area (Å²) < 4.78 is 26.3. The fraction of sp³-hybridized carbons (Fsp3) is 0.364. The Morgan fingerprint density at radius 1 is 1.47 bits per heavy atom. The van der Waals surface area contributed by atoms with Crippen molar-refractivity contribution in [1.82, 2.24) is 0 Å². The van der Waals surface area contributed by atoms with Crippen molar-refractivity contribution in [3.63, 3.8) is 0 Å². The zero-order chi connectivity index (χ0) is 11.0. The van der Waals surface area contributed by atoms with Crippen LogP contribution in [-0.2, 0) is 5.75 Å². The first-order valence-corrected chi connectivity index (χ1v) is 5.82. The Kier molecular flexibility index (Phi) is 2.78. The SMILES string of the molecule is CCC1SCc2c(F)cc(F)cc2C1=O. The van der Waals surface area contributed by atoms with E-state index < -0.39 is 11.6 Å². The molecule has 0 bridgehead atoms. The lowest BCUT2D eigenvalue weighted by Gasteiger charge is -2.22. The van der Waals surface area contributed by atoms with Gasteiger partial charge in [-0.05, 0) is 12.5 Å². The molecule has 1 unspecified atom stereocenters. The number of hydrogen-bond donors (Lipinski definition) is 0. The predicted molar refractivity (Wildman–Crippen MR) is 56.1 cm³/mol. The number of benzene rings is 1. The molecule has 4 heteroatoms. The molecule has 1 nitrogen and oxygen atoms in total. The van der Waals surface area contributed by atoms with E-state index >= 15 is 0 Å². The van der Waals surface area contributed by atoms with Crippen molar-refractivity contribution >= 4 is 17.5 Å². The van der Waals surface area contributed by atoms with Crippen LogP contribution in [0.25, 0.3) is 0 Å². The molecular weight excluding hydrogens is 218 g/mol. The first-order chi connectivity index (χ1) is 7.13. The Bertz CT molecular complexity index is 417. The highest BCUT2D eigenvalue weighted by molar-refractivity contribution is 8.00. The van der Waals surface area contributed by atoms with Gasteiger partial charge < -0.3 is 0 Å². The van der Waals surface area contributed by atoms with E-state index in [-0.39, 0.29) is 16.6 Å². The molecular formula is C11H10F2OS. The fourth-order valence-electron chi connectivity index (χ4n) is 1.71. The summed E-state index contributed by atoms with van der Waals surface area (Å²) in [7, 11) is 0. The van der Waals surface area contributed by atoms with Crippen LogP contribution < -0.4 is 0 Å². The molecule has 0 saturated heterocycles. The van der Waals surface area contributed by atoms with E-state index in [1.807, 2.05) is 6.92 Å². The molecule has 0 saturated carbocycles. The number of thioether (sulfide) groups is 1. The summed E-state index contributed by atoms with van der Waals surface area (Å²) >= 11 is 1.42. The first kappa shape index (κ1) is 10.6. The van der Waals surface area contributed by atoms with Gasteiger partial charge in [0.25, 0.3) is 0 Å². The van der Waals surface area contributed by atoms with E-state index in [2.05, 4.69) is 0 Å². The average molecular weight is 228 g/mol. The topological polar surface area (TPSA) is 17.1 Å². The normalized spacial score (nSPS) is 20.2. The Morgan fingerprint density at radius 2 is 2.20 bits per heavy atom. The lowest BCUT2D eigenvalue weighted by Crippen LogP contribution is -2.23. The van der Waals surface area contributed by atoms with Gasteiger partial charge in [0.1, 0.15) is 11.6 Å². The second-order valence-electron chi connectivity index (χ2n) is 3.49. The molecule has 0 radical (unpaired) electrons. The molecule has 0 aromatic heterocycles. The molecule has 0 aliphatic carbocycles. The molecule has 80 valence electrons. The molecule has 0 N–H and O–H groups in total. The van der Waals surface area contributed by atoms with Crippen LogP contribution in [0.15, 0.2) is 12.1 Å². The van der Waals surface area contributed by atoms with Gasteiger partial charge in [0.15, 0.2) is 5.78 Å². The summed E-state index contributed by atoms with van der Waals surface area (Å²) in [6, 6.07) is 1.97. The lowest BCUT2D eigenvalue weighted by atomic mass is 10.00. The van der Waals surface area contributed by atoms with E-state index in [0.29, 0.717) is 17.7 Å². The molecule has 0 amide bonds. The third kappa shape index (κ3) is 1.78. The first-order valence-electron chi connectivity index (χ1n) is 4.77. The number of carbonyl (C=O) groups excluding carboxylic acids is 1. The highest BCUT2D eigenvalue weighted by atomic mass is 32.2. The zero-order valence-electron chi connectivity index (χ0n) is 8.22. The van der Waals surface area contributed by atoms with Crippen LogP contribution in [0.4, 0.5) is 8.78 Å². The molecule has 0 fully saturated rings. The predicted octanol–water partition coefficient (Wildman–Crippen LogP) is 3.17. The summed E-state index contributed by atoms with van der Waals surface area (Å²) in [4.78, 5) is 11.8. The molecule has 1 aromatic carbocycles. The number of halogens is 2. The van der Waals surface area contributed by atoms with Crippen LogP contribution in [-0.4, -0.2) is 11.0 Å². The van der Waals surface area contributed by atoms with E-state index in [1.54, 1.807) is 0 Å². The third-order valence-corrected chi connectivity index (χ3v) is 3.92. The number of hydrogen-bond acceptors (Lipinski definition) is 2. The second kappa shape index (κ2) is 3.93. The number of carbonyl (C=O) groups is 1. The van der Waals surface area contributed by atoms with Gasteiger partial charge in [0, 0.05) is 22.9 Å². The average Bonchev–Trinajstić information content (AvgIpc) is 2.19. The van der Waals surface area contributed by atoms with Crippen molar-refractivity contribution in [2.75, 3.05) is 0 Å². The highest BCUT2D eigenvalue weighted by Crippen LogP contribution is 2.33. The molecule has 1 aromatic rings. The Labute approximate surface area is 90.9 Å². The maximum atomic E-state index is 13.3. The Hall–Kier alpha value is -0.900. The smallest absolute Gasteiger partial charge is 0.176 e. The molecule has 15 heavy (non-hydrogen) atoms. The van der Waals surface area contributed by atoms with Crippen molar-refractivity contribution < 1.29 is 13.6 Å². The maximum absolute atomic E-state index is 13.3. The maximum Gasteiger partial charge on any atom is 0.176 e. The summed E-state index contributed by atoms with van der Waals surface area (Å²) in [5, 5.41) is -0.154. The fourth-order valence-corrected chi connectivity index (χ4v) is 2.88. The van der Waals surface area contributed by atoms with Gasteiger partial charge >= 0.3 is 0 Å². The van der Waals surface area contributed by atoms with Crippen molar-refractivity contribution in [1.29, 1.82) is 0 Å². The third-order valence-electron chi connectivity index (χ3n) is 2.52. The van der Waals surface area contributed by atoms with Crippen molar-refractivity contribution in [2.45, 2.75) is 24.3 Å². The number of ketones is 1. The van der Waals surface area contributed by atoms with Gasteiger partial charge in [0.2, 0.25) is 0 Å². The summed E-state index contributed by atoms with van der Waals surface area (Å²) in [6.45, 7) is 1.90. The van der Waals surface area contributed by atoms with Gasteiger partial charge in [-0.25, -0.2) is 8.78 Å². The molecule has 1 aliphatic heterocycles. The lowest BCUT2D eigenvalue weighted by molar-refractivity contribution is 0.0984. The second-order valence-corrected chi connectivity index (χ2v) is 4.68. The monoisotopic (exact) mass is 228 g/mol. The number of rotatable bonds is 1. The van der Waals surface area contributed by atoms with E-state index in [0.717, 1.165) is 12.1 Å². The van der Waals surface area contributed by atoms with Gasteiger partial charge in [-0.3, -0.25) is 4.79 Å². The Morgan fingerprint density at radius 3 is 2.87 bits per heavy atom. The molecule has 1 atom stereocenters. The highest BCUT2D eigenvalue weighted by Gasteiger charge is 2.29. The van der Waals surface area contributed by atoms with Crippen LogP contribution in [0.5, 0.6) is 0 Å². The quantitative estimate of drug-likeness (QED) is 0.734. The van der Waals surface area contributed by atoms with E-state index in [9.17, 15) is 13.6 Å². The van der Waals surface area contributed by atoms with E-state index in [1.165, 1.54) is 11.8 Å². The van der Waals surface area contributed by atoms with Crippen LogP contribution in [0.1, 0.15) is 29.3 Å². The van der Waals surface area contributed by atoms with Crippen molar-refractivity contribution in [3.8, 4) is 0 Å². The van der Waals surface area contributed by atoms with Crippen LogP contribution in [0.2, 0.25) is 0 Å². The minimum Gasteiger partial charge on any atom is -0.293 e. The largest absolute Gasteiger partial charge is 0.293 e. The zero-order valence-corrected chi connectivity index (χ0v) is 9.04. The van der Waals surface area contributed by atoms with Gasteiger partial charge in [0.05, 0.1) is 5.25 Å². The minimum absolute atomic E-state index is 0.151. The van der Waals surface area contributed by atoms with Crippen LogP contribution >= 0.6 is 11.8 Å². The van der Waals surface area contributed by atoms with Crippen LogP contribution in [0, 0.1) is 11.6 Å². The van der Waals surface area contributed by atoms with Crippen molar-refractivity contribution in [3.05, 3.63) is 34.9 Å². The summed E-state index contributed by atoms with van der Waals surface area (Å²) in [5.41, 5.74) is 0.564. The summed E-state index contributed by atoms with van der Waals surface area (Å²) in [6.07, 6.45) is 0.696. The standard InChI is InChI=1S/C11H10F2OS/c1-2-10-11(14)7-3-6(12)4-9(13)8(7)5-15-10/h3-4,10H,2,5H2,1H3. The van der Waals surface area contributed by atoms with Gasteiger partial charge in [-0.15, -0.1) is 11.8 Å². The molecule has 1 heterocycles. The molecule has 0 spiro atoms. The van der Waals surface area contributed by atoms with E-state index in [4.69, 9.17) is 0 Å². The number of Topliss-reactive ketones (excluding diaryl/α,β-unsaturated/α-hetero) is 1. The van der Waals surface area contributed by atoms with Gasteiger partial charge in [-0.2, -0.15) is 0 Å². The molecule has 2 rings (SSSR count). The summed E-state index contributed by atoms with van der Waals surface area (Å²) in [5.74, 6) is -0.991.